The first-order chi connectivity index (χ1) is 14.1. The lowest BCUT2D eigenvalue weighted by molar-refractivity contribution is 0.970. The highest BCUT2D eigenvalue weighted by Gasteiger charge is 2.10. The summed E-state index contributed by atoms with van der Waals surface area (Å²) >= 11 is 13.6. The van der Waals surface area contributed by atoms with Crippen molar-refractivity contribution < 1.29 is 0 Å². The van der Waals surface area contributed by atoms with Gasteiger partial charge in [0.15, 0.2) is 0 Å². The van der Waals surface area contributed by atoms with E-state index in [0.29, 0.717) is 10.0 Å². The fraction of sp³-hybridized carbons (Fsp3) is 0.0435. The van der Waals surface area contributed by atoms with Crippen LogP contribution >= 0.6 is 34.5 Å². The van der Waals surface area contributed by atoms with Crippen LogP contribution in [0.5, 0.6) is 0 Å². The van der Waals surface area contributed by atoms with Gasteiger partial charge in [-0.2, -0.15) is 5.10 Å². The minimum atomic E-state index is 0.700. The first-order valence-electron chi connectivity index (χ1n) is 8.98. The summed E-state index contributed by atoms with van der Waals surface area (Å²) in [7, 11) is 0. The molecule has 0 aliphatic rings. The number of benzene rings is 3. The van der Waals surface area contributed by atoms with Gasteiger partial charge < -0.3 is 0 Å². The van der Waals surface area contributed by atoms with E-state index >= 15 is 0 Å². The van der Waals surface area contributed by atoms with Gasteiger partial charge in [-0.25, -0.2) is 0 Å². The lowest BCUT2D eigenvalue weighted by Gasteiger charge is -2.09. The van der Waals surface area contributed by atoms with Gasteiger partial charge in [0.05, 0.1) is 11.4 Å². The highest BCUT2D eigenvalue weighted by molar-refractivity contribution is 7.07. The maximum absolute atomic E-state index is 6.06. The molecule has 1 aromatic heterocycles. The molecule has 0 fully saturated rings. The van der Waals surface area contributed by atoms with Crippen molar-refractivity contribution in [3.63, 3.8) is 0 Å². The summed E-state index contributed by atoms with van der Waals surface area (Å²) < 4.78 is 2.10. The molecule has 4 aromatic rings. The van der Waals surface area contributed by atoms with Crippen molar-refractivity contribution in [2.75, 3.05) is 0 Å². The SMILES string of the molecule is CC(=NN=c1scc(-c2ccc(Cl)cc2)n1-c1ccccc1)c1ccc(Cl)cc1. The minimum absolute atomic E-state index is 0.700. The van der Waals surface area contributed by atoms with Crippen LogP contribution in [0.25, 0.3) is 16.9 Å². The van der Waals surface area contributed by atoms with Crippen LogP contribution in [0.3, 0.4) is 0 Å². The fourth-order valence-corrected chi connectivity index (χ4v) is 4.00. The molecule has 3 nitrogen and oxygen atoms in total. The number of nitrogens with zero attached hydrogens (tertiary/aromatic N) is 3. The summed E-state index contributed by atoms with van der Waals surface area (Å²) in [6.45, 7) is 1.94. The zero-order valence-electron chi connectivity index (χ0n) is 15.6. The van der Waals surface area contributed by atoms with Crippen LogP contribution in [0.1, 0.15) is 12.5 Å². The summed E-state index contributed by atoms with van der Waals surface area (Å²) in [5, 5.41) is 12.5. The Hall–Kier alpha value is -2.66. The normalized spacial score (nSPS) is 12.4. The highest BCUT2D eigenvalue weighted by atomic mass is 35.5. The number of rotatable bonds is 4. The molecule has 0 unspecified atom stereocenters. The van der Waals surface area contributed by atoms with E-state index in [0.717, 1.165) is 33.0 Å². The molecule has 0 spiro atoms. The van der Waals surface area contributed by atoms with Gasteiger partial charge in [0, 0.05) is 21.1 Å². The van der Waals surface area contributed by atoms with Gasteiger partial charge in [-0.1, -0.05) is 65.7 Å². The number of thiazole rings is 1. The monoisotopic (exact) mass is 437 g/mol. The molecule has 0 aliphatic heterocycles. The van der Waals surface area contributed by atoms with Crippen LogP contribution in [-0.2, 0) is 0 Å². The van der Waals surface area contributed by atoms with Crippen molar-refractivity contribution in [3.8, 4) is 16.9 Å². The second-order valence-corrected chi connectivity index (χ2v) is 8.08. The molecule has 0 saturated carbocycles. The summed E-state index contributed by atoms with van der Waals surface area (Å²) in [6, 6.07) is 25.5. The standard InChI is InChI=1S/C23H17Cl2N3S/c1-16(17-7-11-19(24)12-8-17)26-27-23-28(21-5-3-2-4-6-21)22(15-29-23)18-9-13-20(25)14-10-18/h2-15H,1H3. The van der Waals surface area contributed by atoms with Gasteiger partial charge in [0.1, 0.15) is 0 Å². The predicted octanol–water partition coefficient (Wildman–Crippen LogP) is 6.84. The molecule has 0 atom stereocenters. The molecular formula is C23H17Cl2N3S. The smallest absolute Gasteiger partial charge is 0.215 e. The van der Waals surface area contributed by atoms with E-state index in [2.05, 4.69) is 32.3 Å². The Morgan fingerprint density at radius 2 is 1.45 bits per heavy atom. The number of para-hydroxylation sites is 1. The molecule has 0 radical (unpaired) electrons. The van der Waals surface area contributed by atoms with Gasteiger partial charge in [0.25, 0.3) is 0 Å². The van der Waals surface area contributed by atoms with Crippen LogP contribution in [0.15, 0.2) is 94.4 Å². The van der Waals surface area contributed by atoms with Crippen LogP contribution in [0, 0.1) is 0 Å². The second kappa shape index (κ2) is 8.78. The Morgan fingerprint density at radius 1 is 0.828 bits per heavy atom. The lowest BCUT2D eigenvalue weighted by Crippen LogP contribution is -2.13. The minimum Gasteiger partial charge on any atom is -0.284 e. The Morgan fingerprint density at radius 3 is 2.10 bits per heavy atom. The number of hydrogen-bond donors (Lipinski definition) is 0. The zero-order chi connectivity index (χ0) is 20.2. The van der Waals surface area contributed by atoms with E-state index in [1.165, 1.54) is 0 Å². The molecule has 1 heterocycles. The molecule has 29 heavy (non-hydrogen) atoms. The summed E-state index contributed by atoms with van der Waals surface area (Å²) in [6.07, 6.45) is 0. The van der Waals surface area contributed by atoms with Crippen molar-refractivity contribution in [2.24, 2.45) is 10.2 Å². The third-order valence-corrected chi connectivity index (χ3v) is 5.73. The van der Waals surface area contributed by atoms with E-state index in [-0.39, 0.29) is 0 Å². The van der Waals surface area contributed by atoms with E-state index in [1.54, 1.807) is 11.3 Å². The predicted molar refractivity (Wildman–Crippen MR) is 123 cm³/mol. The van der Waals surface area contributed by atoms with Crippen molar-refractivity contribution in [1.29, 1.82) is 0 Å². The third kappa shape index (κ3) is 4.51. The Kier molecular flexibility index (Phi) is 5.95. The molecule has 0 aliphatic carbocycles. The quantitative estimate of drug-likeness (QED) is 0.247. The summed E-state index contributed by atoms with van der Waals surface area (Å²) in [5.41, 5.74) is 4.93. The molecule has 0 saturated heterocycles. The molecule has 0 amide bonds. The highest BCUT2D eigenvalue weighted by Crippen LogP contribution is 2.25. The Bertz CT molecular complexity index is 1210. The average molecular weight is 438 g/mol. The first kappa shape index (κ1) is 19.6. The van der Waals surface area contributed by atoms with E-state index in [9.17, 15) is 0 Å². The van der Waals surface area contributed by atoms with Crippen molar-refractivity contribution >= 4 is 40.3 Å². The molecule has 3 aromatic carbocycles. The Labute approximate surface area is 183 Å². The maximum Gasteiger partial charge on any atom is 0.215 e. The topological polar surface area (TPSA) is 29.6 Å². The van der Waals surface area contributed by atoms with Crippen LogP contribution in [0.2, 0.25) is 10.0 Å². The number of halogens is 2. The van der Waals surface area contributed by atoms with Gasteiger partial charge in [-0.15, -0.1) is 16.4 Å². The van der Waals surface area contributed by atoms with E-state index < -0.39 is 0 Å². The molecular weight excluding hydrogens is 421 g/mol. The average Bonchev–Trinajstić information content (AvgIpc) is 3.17. The third-order valence-electron chi connectivity index (χ3n) is 4.41. The molecule has 0 bridgehead atoms. The largest absolute Gasteiger partial charge is 0.284 e. The van der Waals surface area contributed by atoms with Crippen LogP contribution < -0.4 is 4.80 Å². The van der Waals surface area contributed by atoms with E-state index in [4.69, 9.17) is 23.2 Å². The van der Waals surface area contributed by atoms with Gasteiger partial charge in [-0.05, 0) is 54.4 Å². The van der Waals surface area contributed by atoms with Gasteiger partial charge in [0.2, 0.25) is 4.80 Å². The maximum atomic E-state index is 6.06. The summed E-state index contributed by atoms with van der Waals surface area (Å²) in [5.74, 6) is 0. The number of aromatic nitrogens is 1. The fourth-order valence-electron chi connectivity index (χ4n) is 2.90. The van der Waals surface area contributed by atoms with Crippen molar-refractivity contribution in [1.82, 2.24) is 4.57 Å². The van der Waals surface area contributed by atoms with Gasteiger partial charge >= 0.3 is 0 Å². The second-order valence-electron chi connectivity index (χ2n) is 6.37. The molecule has 4 rings (SSSR count). The lowest BCUT2D eigenvalue weighted by atomic mass is 10.1. The molecule has 6 heteroatoms. The summed E-state index contributed by atoms with van der Waals surface area (Å²) in [4.78, 5) is 0.787. The zero-order valence-corrected chi connectivity index (χ0v) is 17.9. The number of hydrogen-bond acceptors (Lipinski definition) is 3. The first-order valence-corrected chi connectivity index (χ1v) is 10.6. The Balaban J connectivity index is 1.83. The molecule has 144 valence electrons. The van der Waals surface area contributed by atoms with Crippen LogP contribution in [-0.4, -0.2) is 10.3 Å². The molecule has 0 N–H and O–H groups in total. The van der Waals surface area contributed by atoms with Crippen molar-refractivity contribution in [3.05, 3.63) is 105 Å². The van der Waals surface area contributed by atoms with Gasteiger partial charge in [-0.3, -0.25) is 4.57 Å². The van der Waals surface area contributed by atoms with E-state index in [1.807, 2.05) is 73.7 Å². The van der Waals surface area contributed by atoms with Crippen LogP contribution in [0.4, 0.5) is 0 Å². The van der Waals surface area contributed by atoms with Crippen molar-refractivity contribution in [2.45, 2.75) is 6.92 Å².